The normalized spacial score (nSPS) is 10.4. The van der Waals surface area contributed by atoms with Crippen LogP contribution in [0.1, 0.15) is 12.5 Å². The number of nitrogens with zero attached hydrogens (tertiary/aromatic N) is 2. The minimum absolute atomic E-state index is 0.0330. The summed E-state index contributed by atoms with van der Waals surface area (Å²) in [6, 6.07) is 17.6. The van der Waals surface area contributed by atoms with E-state index in [9.17, 15) is 9.59 Å². The number of hydrogen-bond acceptors (Lipinski definition) is 3. The van der Waals surface area contributed by atoms with Crippen LogP contribution in [0.2, 0.25) is 10.0 Å². The highest BCUT2D eigenvalue weighted by molar-refractivity contribution is 6.36. The summed E-state index contributed by atoms with van der Waals surface area (Å²) in [5.41, 5.74) is 1.77. The molecule has 2 aromatic carbocycles. The Kier molecular flexibility index (Phi) is 6.29. The molecule has 0 aliphatic heterocycles. The number of benzene rings is 2. The van der Waals surface area contributed by atoms with E-state index in [1.165, 1.54) is 18.0 Å². The fraction of sp³-hybridized carbons (Fsp3) is 0.0952. The van der Waals surface area contributed by atoms with Crippen molar-refractivity contribution in [3.05, 3.63) is 82.5 Å². The molecule has 7 heteroatoms. The number of rotatable bonds is 5. The molecule has 1 N–H and O–H groups in total. The van der Waals surface area contributed by atoms with E-state index >= 15 is 0 Å². The van der Waals surface area contributed by atoms with E-state index in [1.54, 1.807) is 30.3 Å². The van der Waals surface area contributed by atoms with E-state index in [0.29, 0.717) is 32.8 Å². The zero-order valence-electron chi connectivity index (χ0n) is 15.0. The lowest BCUT2D eigenvalue weighted by molar-refractivity contribution is -0.116. The van der Waals surface area contributed by atoms with Crippen molar-refractivity contribution in [2.24, 2.45) is 0 Å². The Bertz CT molecular complexity index is 989. The number of pyridine rings is 1. The molecule has 5 nitrogen and oxygen atoms in total. The van der Waals surface area contributed by atoms with E-state index < -0.39 is 0 Å². The number of halogens is 2. The molecule has 28 heavy (non-hydrogen) atoms. The summed E-state index contributed by atoms with van der Waals surface area (Å²) >= 11 is 12.3. The lowest BCUT2D eigenvalue weighted by atomic mass is 10.1. The van der Waals surface area contributed by atoms with E-state index in [2.05, 4.69) is 10.3 Å². The number of para-hydroxylation sites is 1. The monoisotopic (exact) mass is 413 g/mol. The van der Waals surface area contributed by atoms with Crippen LogP contribution < -0.4 is 10.2 Å². The van der Waals surface area contributed by atoms with Gasteiger partial charge >= 0.3 is 0 Å². The first-order valence-electron chi connectivity index (χ1n) is 8.50. The van der Waals surface area contributed by atoms with Crippen LogP contribution in [0, 0.1) is 0 Å². The number of nitrogens with one attached hydrogen (secondary N) is 1. The second-order valence-electron chi connectivity index (χ2n) is 6.02. The molecule has 3 aromatic rings. The van der Waals surface area contributed by atoms with Gasteiger partial charge in [-0.1, -0.05) is 47.5 Å². The molecular formula is C21H17Cl2N3O2. The SMILES string of the molecule is CC(=O)N(c1ccccc1)c1cc(NC(=O)Cc2c(Cl)cccc2Cl)ccn1. The van der Waals surface area contributed by atoms with Crippen molar-refractivity contribution >= 4 is 52.2 Å². The quantitative estimate of drug-likeness (QED) is 0.620. The van der Waals surface area contributed by atoms with Crippen molar-refractivity contribution in [1.82, 2.24) is 4.98 Å². The maximum absolute atomic E-state index is 12.4. The van der Waals surface area contributed by atoms with Crippen LogP contribution in [0.4, 0.5) is 17.2 Å². The zero-order chi connectivity index (χ0) is 20.1. The van der Waals surface area contributed by atoms with E-state index in [-0.39, 0.29) is 18.2 Å². The summed E-state index contributed by atoms with van der Waals surface area (Å²) in [7, 11) is 0. The summed E-state index contributed by atoms with van der Waals surface area (Å²) in [5, 5.41) is 3.67. The summed E-state index contributed by atoms with van der Waals surface area (Å²) in [6.45, 7) is 1.46. The summed E-state index contributed by atoms with van der Waals surface area (Å²) in [4.78, 5) is 30.3. The zero-order valence-corrected chi connectivity index (χ0v) is 16.5. The summed E-state index contributed by atoms with van der Waals surface area (Å²) in [5.74, 6) is -0.0569. The molecule has 0 radical (unpaired) electrons. The Morgan fingerprint density at radius 1 is 1.00 bits per heavy atom. The fourth-order valence-corrected chi connectivity index (χ4v) is 3.27. The molecule has 0 unspecified atom stereocenters. The van der Waals surface area contributed by atoms with Crippen LogP contribution in [-0.4, -0.2) is 16.8 Å². The van der Waals surface area contributed by atoms with Gasteiger partial charge in [0.15, 0.2) is 0 Å². The maximum atomic E-state index is 12.4. The van der Waals surface area contributed by atoms with Gasteiger partial charge in [0, 0.05) is 34.9 Å². The van der Waals surface area contributed by atoms with Crippen LogP contribution >= 0.6 is 23.2 Å². The van der Waals surface area contributed by atoms with E-state index in [0.717, 1.165) is 0 Å². The highest BCUT2D eigenvalue weighted by Gasteiger charge is 2.16. The van der Waals surface area contributed by atoms with Gasteiger partial charge in [-0.3, -0.25) is 14.5 Å². The van der Waals surface area contributed by atoms with Gasteiger partial charge in [0.1, 0.15) is 5.82 Å². The molecule has 0 aliphatic carbocycles. The third-order valence-corrected chi connectivity index (χ3v) is 4.69. The lowest BCUT2D eigenvalue weighted by Gasteiger charge is -2.20. The second kappa shape index (κ2) is 8.87. The highest BCUT2D eigenvalue weighted by atomic mass is 35.5. The first-order chi connectivity index (χ1) is 13.5. The average Bonchev–Trinajstić information content (AvgIpc) is 2.66. The molecule has 3 rings (SSSR count). The first kappa shape index (κ1) is 19.9. The second-order valence-corrected chi connectivity index (χ2v) is 6.83. The Morgan fingerprint density at radius 2 is 1.68 bits per heavy atom. The fourth-order valence-electron chi connectivity index (χ4n) is 2.74. The Balaban J connectivity index is 1.81. The minimum Gasteiger partial charge on any atom is -0.326 e. The van der Waals surface area contributed by atoms with Crippen molar-refractivity contribution in [2.75, 3.05) is 10.2 Å². The van der Waals surface area contributed by atoms with Crippen molar-refractivity contribution < 1.29 is 9.59 Å². The third-order valence-electron chi connectivity index (χ3n) is 3.99. The molecule has 1 heterocycles. The van der Waals surface area contributed by atoms with Gasteiger partial charge < -0.3 is 5.32 Å². The van der Waals surface area contributed by atoms with Crippen LogP contribution in [-0.2, 0) is 16.0 Å². The number of carbonyl (C=O) groups is 2. The van der Waals surface area contributed by atoms with Crippen LogP contribution in [0.3, 0.4) is 0 Å². The van der Waals surface area contributed by atoms with Crippen molar-refractivity contribution in [2.45, 2.75) is 13.3 Å². The molecule has 0 saturated heterocycles. The average molecular weight is 414 g/mol. The van der Waals surface area contributed by atoms with Gasteiger partial charge in [-0.25, -0.2) is 4.98 Å². The molecular weight excluding hydrogens is 397 g/mol. The van der Waals surface area contributed by atoms with E-state index in [1.807, 2.05) is 30.3 Å². The number of carbonyl (C=O) groups excluding carboxylic acids is 2. The molecule has 0 aliphatic rings. The molecule has 0 fully saturated rings. The number of hydrogen-bond donors (Lipinski definition) is 1. The largest absolute Gasteiger partial charge is 0.326 e. The predicted octanol–water partition coefficient (Wildman–Crippen LogP) is 5.25. The van der Waals surface area contributed by atoms with Crippen LogP contribution in [0.5, 0.6) is 0 Å². The summed E-state index contributed by atoms with van der Waals surface area (Å²) in [6.07, 6.45) is 1.57. The van der Waals surface area contributed by atoms with Crippen molar-refractivity contribution in [1.29, 1.82) is 0 Å². The summed E-state index contributed by atoms with van der Waals surface area (Å²) < 4.78 is 0. The van der Waals surface area contributed by atoms with Crippen molar-refractivity contribution in [3.63, 3.8) is 0 Å². The Morgan fingerprint density at radius 3 is 2.32 bits per heavy atom. The molecule has 2 amide bonds. The first-order valence-corrected chi connectivity index (χ1v) is 9.26. The molecule has 0 bridgehead atoms. The minimum atomic E-state index is -0.277. The smallest absolute Gasteiger partial charge is 0.229 e. The molecule has 0 atom stereocenters. The van der Waals surface area contributed by atoms with E-state index in [4.69, 9.17) is 23.2 Å². The van der Waals surface area contributed by atoms with Gasteiger partial charge in [0.2, 0.25) is 11.8 Å². The van der Waals surface area contributed by atoms with Crippen LogP contribution in [0.15, 0.2) is 66.9 Å². The number of amides is 2. The van der Waals surface area contributed by atoms with Gasteiger partial charge in [-0.05, 0) is 35.9 Å². The molecule has 0 saturated carbocycles. The molecule has 142 valence electrons. The number of aromatic nitrogens is 1. The third kappa shape index (κ3) is 4.68. The highest BCUT2D eigenvalue weighted by Crippen LogP contribution is 2.27. The van der Waals surface area contributed by atoms with Gasteiger partial charge in [0.25, 0.3) is 0 Å². The van der Waals surface area contributed by atoms with Gasteiger partial charge in [-0.15, -0.1) is 0 Å². The predicted molar refractivity (Wildman–Crippen MR) is 112 cm³/mol. The Labute approximate surface area is 172 Å². The molecule has 0 spiro atoms. The van der Waals surface area contributed by atoms with Gasteiger partial charge in [-0.2, -0.15) is 0 Å². The lowest BCUT2D eigenvalue weighted by Crippen LogP contribution is -2.24. The molecule has 1 aromatic heterocycles. The van der Waals surface area contributed by atoms with Crippen LogP contribution in [0.25, 0.3) is 0 Å². The van der Waals surface area contributed by atoms with Gasteiger partial charge in [0.05, 0.1) is 12.1 Å². The maximum Gasteiger partial charge on any atom is 0.229 e. The topological polar surface area (TPSA) is 62.3 Å². The standard InChI is InChI=1S/C21H17Cl2N3O2/c1-14(27)26(16-6-3-2-4-7-16)20-12-15(10-11-24-20)25-21(28)13-17-18(22)8-5-9-19(17)23/h2-12H,13H2,1H3,(H,24,25,28). The number of anilines is 3. The van der Waals surface area contributed by atoms with Crippen molar-refractivity contribution in [3.8, 4) is 0 Å². The Hall–Kier alpha value is -2.89.